The molecule has 1 aliphatic carbocycles. The van der Waals surface area contributed by atoms with Crippen molar-refractivity contribution in [3.63, 3.8) is 0 Å². The largest absolute Gasteiger partial charge is 0.370 e. The number of nitrogens with zero attached hydrogens (tertiary/aromatic N) is 2. The molecule has 2 aromatic rings. The van der Waals surface area contributed by atoms with Crippen LogP contribution in [0.4, 0.5) is 22.2 Å². The Morgan fingerprint density at radius 1 is 1.16 bits per heavy atom. The Kier molecular flexibility index (Phi) is 5.60. The molecule has 2 amide bonds. The molecule has 0 aliphatic heterocycles. The van der Waals surface area contributed by atoms with E-state index in [-0.39, 0.29) is 5.95 Å². The molecule has 3 rings (SSSR count). The van der Waals surface area contributed by atoms with Gasteiger partial charge in [-0.3, -0.25) is 5.32 Å². The van der Waals surface area contributed by atoms with Gasteiger partial charge in [-0.1, -0.05) is 30.1 Å². The maximum atomic E-state index is 12.2. The molecule has 132 valence electrons. The van der Waals surface area contributed by atoms with Crippen molar-refractivity contribution in [1.82, 2.24) is 9.97 Å². The summed E-state index contributed by atoms with van der Waals surface area (Å²) in [6, 6.07) is 6.39. The summed E-state index contributed by atoms with van der Waals surface area (Å²) >= 11 is 11.8. The van der Waals surface area contributed by atoms with Gasteiger partial charge < -0.3 is 10.6 Å². The van der Waals surface area contributed by atoms with Crippen LogP contribution in [0.1, 0.15) is 37.8 Å². The predicted molar refractivity (Wildman–Crippen MR) is 102 cm³/mol. The predicted octanol–water partition coefficient (Wildman–Crippen LogP) is 5.13. The van der Waals surface area contributed by atoms with Gasteiger partial charge in [-0.2, -0.15) is 4.98 Å². The zero-order chi connectivity index (χ0) is 17.8. The maximum absolute atomic E-state index is 12.2. The highest BCUT2D eigenvalue weighted by Gasteiger charge is 2.26. The van der Waals surface area contributed by atoms with Gasteiger partial charge in [-0.25, -0.2) is 9.78 Å². The first-order chi connectivity index (χ1) is 12.0. The quantitative estimate of drug-likeness (QED) is 0.649. The van der Waals surface area contributed by atoms with Crippen molar-refractivity contribution in [3.8, 4) is 0 Å². The maximum Gasteiger partial charge on any atom is 0.326 e. The summed E-state index contributed by atoms with van der Waals surface area (Å²) in [6.45, 7) is 2.90. The number of carbonyl (C=O) groups is 1. The summed E-state index contributed by atoms with van der Waals surface area (Å²) in [6.07, 6.45) is 3.24. The van der Waals surface area contributed by atoms with Crippen LogP contribution in [-0.2, 0) is 0 Å². The zero-order valence-corrected chi connectivity index (χ0v) is 15.3. The summed E-state index contributed by atoms with van der Waals surface area (Å²) in [5, 5.41) is 9.41. The molecule has 0 unspecified atom stereocenters. The minimum Gasteiger partial charge on any atom is -0.370 e. The minimum atomic E-state index is -0.437. The molecule has 0 bridgehead atoms. The van der Waals surface area contributed by atoms with Crippen LogP contribution in [0, 0.1) is 0 Å². The minimum absolute atomic E-state index is 0.278. The molecular weight excluding hydrogens is 361 g/mol. The molecule has 1 fully saturated rings. The lowest BCUT2D eigenvalue weighted by atomic mass is 10.3. The standard InChI is InChI=1S/C17H19Cl2N5O/c1-2-7-20-15-9-14(10-3-4-10)22-16(23-15)24-17(25)21-11-5-6-12(18)13(19)8-11/h5-6,8-10H,2-4,7H2,1H3,(H3,20,21,22,23,24,25). The number of nitrogens with one attached hydrogen (secondary N) is 3. The molecule has 0 radical (unpaired) electrons. The highest BCUT2D eigenvalue weighted by atomic mass is 35.5. The van der Waals surface area contributed by atoms with E-state index in [9.17, 15) is 4.79 Å². The first-order valence-electron chi connectivity index (χ1n) is 8.21. The Bertz CT molecular complexity index is 780. The normalized spacial score (nSPS) is 13.4. The second-order valence-electron chi connectivity index (χ2n) is 5.91. The molecule has 0 saturated heterocycles. The van der Waals surface area contributed by atoms with Crippen LogP contribution in [0.5, 0.6) is 0 Å². The van der Waals surface area contributed by atoms with Gasteiger partial charge in [0.2, 0.25) is 5.95 Å². The van der Waals surface area contributed by atoms with Gasteiger partial charge in [-0.15, -0.1) is 0 Å². The molecule has 1 heterocycles. The molecule has 6 nitrogen and oxygen atoms in total. The van der Waals surface area contributed by atoms with Crippen LogP contribution in [-0.4, -0.2) is 22.5 Å². The van der Waals surface area contributed by atoms with E-state index in [2.05, 4.69) is 32.8 Å². The van der Waals surface area contributed by atoms with Gasteiger partial charge >= 0.3 is 6.03 Å². The average molecular weight is 380 g/mol. The number of urea groups is 1. The van der Waals surface area contributed by atoms with E-state index in [0.717, 1.165) is 37.3 Å². The van der Waals surface area contributed by atoms with Crippen molar-refractivity contribution in [2.24, 2.45) is 0 Å². The van der Waals surface area contributed by atoms with E-state index in [1.165, 1.54) is 0 Å². The molecule has 1 aromatic carbocycles. The molecule has 8 heteroatoms. The zero-order valence-electron chi connectivity index (χ0n) is 13.8. The van der Waals surface area contributed by atoms with E-state index in [4.69, 9.17) is 23.2 Å². The van der Waals surface area contributed by atoms with Crippen molar-refractivity contribution in [2.75, 3.05) is 22.5 Å². The van der Waals surface area contributed by atoms with Gasteiger partial charge in [0.25, 0.3) is 0 Å². The van der Waals surface area contributed by atoms with Crippen LogP contribution >= 0.6 is 23.2 Å². The van der Waals surface area contributed by atoms with Crippen molar-refractivity contribution < 1.29 is 4.79 Å². The fourth-order valence-corrected chi connectivity index (χ4v) is 2.59. The van der Waals surface area contributed by atoms with Gasteiger partial charge in [0.1, 0.15) is 5.82 Å². The van der Waals surface area contributed by atoms with Crippen LogP contribution in [0.2, 0.25) is 10.0 Å². The summed E-state index contributed by atoms with van der Waals surface area (Å²) in [5.74, 6) is 1.47. The summed E-state index contributed by atoms with van der Waals surface area (Å²) in [4.78, 5) is 21.0. The Balaban J connectivity index is 1.70. The van der Waals surface area contributed by atoms with Crippen molar-refractivity contribution in [1.29, 1.82) is 0 Å². The lowest BCUT2D eigenvalue weighted by Gasteiger charge is -2.11. The highest BCUT2D eigenvalue weighted by molar-refractivity contribution is 6.42. The summed E-state index contributed by atoms with van der Waals surface area (Å²) < 4.78 is 0. The molecule has 25 heavy (non-hydrogen) atoms. The first-order valence-corrected chi connectivity index (χ1v) is 8.96. The van der Waals surface area contributed by atoms with Gasteiger partial charge in [-0.05, 0) is 37.5 Å². The third-order valence-electron chi connectivity index (χ3n) is 3.70. The number of hydrogen-bond donors (Lipinski definition) is 3. The third kappa shape index (κ3) is 4.96. The Morgan fingerprint density at radius 3 is 2.64 bits per heavy atom. The van der Waals surface area contributed by atoms with E-state index in [0.29, 0.717) is 21.7 Å². The van der Waals surface area contributed by atoms with E-state index in [1.54, 1.807) is 18.2 Å². The van der Waals surface area contributed by atoms with E-state index < -0.39 is 6.03 Å². The molecule has 1 aliphatic rings. The van der Waals surface area contributed by atoms with Gasteiger partial charge in [0.05, 0.1) is 15.7 Å². The summed E-state index contributed by atoms with van der Waals surface area (Å²) in [5.41, 5.74) is 1.49. The highest BCUT2D eigenvalue weighted by Crippen LogP contribution is 2.39. The van der Waals surface area contributed by atoms with Crippen molar-refractivity contribution in [3.05, 3.63) is 40.0 Å². The van der Waals surface area contributed by atoms with Crippen LogP contribution in [0.25, 0.3) is 0 Å². The molecule has 0 spiro atoms. The first kappa shape index (κ1) is 17.8. The number of anilines is 3. The van der Waals surface area contributed by atoms with Crippen molar-refractivity contribution in [2.45, 2.75) is 32.1 Å². The SMILES string of the molecule is CCCNc1cc(C2CC2)nc(NC(=O)Nc2ccc(Cl)c(Cl)c2)n1. The number of carbonyl (C=O) groups excluding carboxylic acids is 1. The molecule has 3 N–H and O–H groups in total. The number of amides is 2. The number of halogens is 2. The Hall–Kier alpha value is -2.05. The number of aromatic nitrogens is 2. The van der Waals surface area contributed by atoms with Crippen LogP contribution in [0.3, 0.4) is 0 Å². The average Bonchev–Trinajstić information content (AvgIpc) is 3.41. The number of rotatable bonds is 6. The summed E-state index contributed by atoms with van der Waals surface area (Å²) in [7, 11) is 0. The van der Waals surface area contributed by atoms with Gasteiger partial charge in [0.15, 0.2) is 0 Å². The number of hydrogen-bond acceptors (Lipinski definition) is 4. The molecule has 1 aromatic heterocycles. The second-order valence-corrected chi connectivity index (χ2v) is 6.73. The van der Waals surface area contributed by atoms with E-state index in [1.807, 2.05) is 6.07 Å². The molecule has 1 saturated carbocycles. The Labute approximate surface area is 156 Å². The monoisotopic (exact) mass is 379 g/mol. The molecular formula is C17H19Cl2N5O. The van der Waals surface area contributed by atoms with Crippen LogP contribution < -0.4 is 16.0 Å². The lowest BCUT2D eigenvalue weighted by Crippen LogP contribution is -2.21. The van der Waals surface area contributed by atoms with Crippen LogP contribution in [0.15, 0.2) is 24.3 Å². The third-order valence-corrected chi connectivity index (χ3v) is 4.44. The lowest BCUT2D eigenvalue weighted by molar-refractivity contribution is 0.262. The number of benzene rings is 1. The fourth-order valence-electron chi connectivity index (χ4n) is 2.29. The molecule has 0 atom stereocenters. The second kappa shape index (κ2) is 7.89. The smallest absolute Gasteiger partial charge is 0.326 e. The van der Waals surface area contributed by atoms with Gasteiger partial charge in [0, 0.05) is 24.2 Å². The van der Waals surface area contributed by atoms with Crippen molar-refractivity contribution >= 4 is 46.7 Å². The fraction of sp³-hybridized carbons (Fsp3) is 0.353. The Morgan fingerprint density at radius 2 is 1.96 bits per heavy atom. The topological polar surface area (TPSA) is 78.9 Å². The van der Waals surface area contributed by atoms with E-state index >= 15 is 0 Å².